The lowest BCUT2D eigenvalue weighted by Gasteiger charge is -2.31. The van der Waals surface area contributed by atoms with E-state index in [4.69, 9.17) is 0 Å². The standard InChI is InChI=1S/C18H22N4O3S/c1-19-15-8-12-22(13-9-15)18(23)14-2-4-17(5-3-14)26(24,25)21-16-6-10-20-11-7-16/h2-7,10-11,15,19H,8-9,12-13H2,1H3,(H,20,21). The first-order chi connectivity index (χ1) is 12.5. The highest BCUT2D eigenvalue weighted by Gasteiger charge is 2.23. The Labute approximate surface area is 153 Å². The van der Waals surface area contributed by atoms with Crippen LogP contribution in [0.1, 0.15) is 23.2 Å². The molecule has 0 saturated carbocycles. The summed E-state index contributed by atoms with van der Waals surface area (Å²) >= 11 is 0. The minimum absolute atomic E-state index is 0.0643. The molecule has 0 spiro atoms. The van der Waals surface area contributed by atoms with Crippen molar-refractivity contribution in [3.8, 4) is 0 Å². The molecule has 2 aromatic rings. The van der Waals surface area contributed by atoms with Crippen LogP contribution in [-0.4, -0.2) is 50.4 Å². The second-order valence-electron chi connectivity index (χ2n) is 6.22. The second-order valence-corrected chi connectivity index (χ2v) is 7.90. The average molecular weight is 374 g/mol. The number of benzene rings is 1. The third-order valence-electron chi connectivity index (χ3n) is 4.53. The monoisotopic (exact) mass is 374 g/mol. The highest BCUT2D eigenvalue weighted by atomic mass is 32.2. The largest absolute Gasteiger partial charge is 0.339 e. The van der Waals surface area contributed by atoms with Gasteiger partial charge in [-0.15, -0.1) is 0 Å². The van der Waals surface area contributed by atoms with Crippen molar-refractivity contribution in [2.75, 3.05) is 24.9 Å². The van der Waals surface area contributed by atoms with E-state index in [9.17, 15) is 13.2 Å². The summed E-state index contributed by atoms with van der Waals surface area (Å²) in [5, 5.41) is 3.23. The van der Waals surface area contributed by atoms with Crippen LogP contribution in [0, 0.1) is 0 Å². The first-order valence-corrected chi connectivity index (χ1v) is 9.97. The first-order valence-electron chi connectivity index (χ1n) is 8.49. The highest BCUT2D eigenvalue weighted by molar-refractivity contribution is 7.92. The van der Waals surface area contributed by atoms with E-state index in [0.29, 0.717) is 30.4 Å². The lowest BCUT2D eigenvalue weighted by atomic mass is 10.0. The van der Waals surface area contributed by atoms with Gasteiger partial charge in [-0.05, 0) is 56.3 Å². The van der Waals surface area contributed by atoms with Crippen LogP contribution in [0.15, 0.2) is 53.7 Å². The number of pyridine rings is 1. The summed E-state index contributed by atoms with van der Waals surface area (Å²) in [6, 6.07) is 9.63. The maximum Gasteiger partial charge on any atom is 0.261 e. The van der Waals surface area contributed by atoms with E-state index >= 15 is 0 Å². The Morgan fingerprint density at radius 1 is 1.08 bits per heavy atom. The maximum atomic E-state index is 12.6. The number of rotatable bonds is 5. The zero-order chi connectivity index (χ0) is 18.6. The molecule has 1 amide bonds. The van der Waals surface area contributed by atoms with Gasteiger partial charge in [-0.2, -0.15) is 0 Å². The van der Waals surface area contributed by atoms with E-state index in [2.05, 4.69) is 15.0 Å². The highest BCUT2D eigenvalue weighted by Crippen LogP contribution is 2.18. The minimum atomic E-state index is -3.70. The van der Waals surface area contributed by atoms with Crippen molar-refractivity contribution in [3.05, 3.63) is 54.4 Å². The Morgan fingerprint density at radius 2 is 1.69 bits per heavy atom. The summed E-state index contributed by atoms with van der Waals surface area (Å²) in [5.74, 6) is -0.0643. The predicted molar refractivity (Wildman–Crippen MR) is 99.5 cm³/mol. The summed E-state index contributed by atoms with van der Waals surface area (Å²) in [4.78, 5) is 18.4. The fourth-order valence-corrected chi connectivity index (χ4v) is 4.02. The van der Waals surface area contributed by atoms with Crippen molar-refractivity contribution >= 4 is 21.6 Å². The normalized spacial score (nSPS) is 15.7. The molecule has 3 rings (SSSR count). The van der Waals surface area contributed by atoms with Crippen molar-refractivity contribution in [2.24, 2.45) is 0 Å². The van der Waals surface area contributed by atoms with Gasteiger partial charge < -0.3 is 10.2 Å². The zero-order valence-corrected chi connectivity index (χ0v) is 15.4. The number of carbonyl (C=O) groups is 1. The summed E-state index contributed by atoms with van der Waals surface area (Å²) in [6.07, 6.45) is 4.86. The van der Waals surface area contributed by atoms with Gasteiger partial charge in [0.1, 0.15) is 0 Å². The molecule has 7 nitrogen and oxygen atoms in total. The van der Waals surface area contributed by atoms with Crippen LogP contribution in [0.25, 0.3) is 0 Å². The van der Waals surface area contributed by atoms with E-state index in [1.807, 2.05) is 11.9 Å². The number of likely N-dealkylation sites (tertiary alicyclic amines) is 1. The van der Waals surface area contributed by atoms with E-state index in [1.165, 1.54) is 24.5 Å². The lowest BCUT2D eigenvalue weighted by molar-refractivity contribution is 0.0707. The third-order valence-corrected chi connectivity index (χ3v) is 5.93. The molecule has 1 aliphatic rings. The van der Waals surface area contributed by atoms with Crippen molar-refractivity contribution in [2.45, 2.75) is 23.8 Å². The van der Waals surface area contributed by atoms with E-state index < -0.39 is 10.0 Å². The Morgan fingerprint density at radius 3 is 2.27 bits per heavy atom. The molecule has 1 saturated heterocycles. The molecule has 2 N–H and O–H groups in total. The topological polar surface area (TPSA) is 91.4 Å². The zero-order valence-electron chi connectivity index (χ0n) is 14.6. The molecule has 1 fully saturated rings. The third kappa shape index (κ3) is 4.20. The van der Waals surface area contributed by atoms with Gasteiger partial charge in [-0.3, -0.25) is 14.5 Å². The average Bonchev–Trinajstić information content (AvgIpc) is 2.68. The number of aromatic nitrogens is 1. The predicted octanol–water partition coefficient (Wildman–Crippen LogP) is 1.71. The van der Waals surface area contributed by atoms with Gasteiger partial charge in [-0.25, -0.2) is 8.42 Å². The molecular formula is C18H22N4O3S. The number of nitrogens with one attached hydrogen (secondary N) is 2. The summed E-state index contributed by atoms with van der Waals surface area (Å²) < 4.78 is 27.3. The molecule has 138 valence electrons. The van der Waals surface area contributed by atoms with Crippen molar-refractivity contribution in [1.29, 1.82) is 0 Å². The number of anilines is 1. The molecule has 1 aromatic heterocycles. The maximum absolute atomic E-state index is 12.6. The van der Waals surface area contributed by atoms with Gasteiger partial charge in [0.25, 0.3) is 15.9 Å². The van der Waals surface area contributed by atoms with Crippen LogP contribution in [0.4, 0.5) is 5.69 Å². The molecule has 0 unspecified atom stereocenters. The van der Waals surface area contributed by atoms with E-state index in [1.54, 1.807) is 24.3 Å². The summed E-state index contributed by atoms with van der Waals surface area (Å²) in [5.41, 5.74) is 0.934. The second kappa shape index (κ2) is 7.84. The van der Waals surface area contributed by atoms with Crippen molar-refractivity contribution in [3.63, 3.8) is 0 Å². The Bertz CT molecular complexity index is 846. The molecule has 0 radical (unpaired) electrons. The quantitative estimate of drug-likeness (QED) is 0.831. The van der Waals surface area contributed by atoms with Gasteiger partial charge in [0, 0.05) is 37.1 Å². The number of sulfonamides is 1. The molecule has 1 aromatic carbocycles. The Hall–Kier alpha value is -2.45. The summed E-state index contributed by atoms with van der Waals surface area (Å²) in [6.45, 7) is 1.40. The molecular weight excluding hydrogens is 352 g/mol. The van der Waals surface area contributed by atoms with Crippen molar-refractivity contribution < 1.29 is 13.2 Å². The van der Waals surface area contributed by atoms with Crippen LogP contribution in [0.3, 0.4) is 0 Å². The van der Waals surface area contributed by atoms with Crippen LogP contribution in [-0.2, 0) is 10.0 Å². The fourth-order valence-electron chi connectivity index (χ4n) is 2.96. The molecule has 2 heterocycles. The number of amides is 1. The smallest absolute Gasteiger partial charge is 0.261 e. The Balaban J connectivity index is 1.69. The molecule has 0 aliphatic carbocycles. The van der Waals surface area contributed by atoms with Crippen LogP contribution in [0.2, 0.25) is 0 Å². The lowest BCUT2D eigenvalue weighted by Crippen LogP contribution is -2.43. The number of hydrogen-bond acceptors (Lipinski definition) is 5. The van der Waals surface area contributed by atoms with Gasteiger partial charge in [0.05, 0.1) is 10.6 Å². The first kappa shape index (κ1) is 18.3. The van der Waals surface area contributed by atoms with Crippen LogP contribution < -0.4 is 10.0 Å². The van der Waals surface area contributed by atoms with Gasteiger partial charge in [0.15, 0.2) is 0 Å². The van der Waals surface area contributed by atoms with Gasteiger partial charge in [-0.1, -0.05) is 0 Å². The van der Waals surface area contributed by atoms with Crippen LogP contribution >= 0.6 is 0 Å². The minimum Gasteiger partial charge on any atom is -0.339 e. The molecule has 26 heavy (non-hydrogen) atoms. The number of hydrogen-bond donors (Lipinski definition) is 2. The number of carbonyl (C=O) groups excluding carboxylic acids is 1. The SMILES string of the molecule is CNC1CCN(C(=O)c2ccc(S(=O)(=O)Nc3ccncc3)cc2)CC1. The number of piperidine rings is 1. The summed E-state index contributed by atoms with van der Waals surface area (Å²) in [7, 11) is -1.77. The molecule has 0 atom stereocenters. The van der Waals surface area contributed by atoms with Gasteiger partial charge in [0.2, 0.25) is 0 Å². The number of nitrogens with zero attached hydrogens (tertiary/aromatic N) is 2. The van der Waals surface area contributed by atoms with E-state index in [0.717, 1.165) is 12.8 Å². The molecule has 8 heteroatoms. The Kier molecular flexibility index (Phi) is 5.53. The van der Waals surface area contributed by atoms with E-state index in [-0.39, 0.29) is 10.8 Å². The van der Waals surface area contributed by atoms with Crippen molar-refractivity contribution in [1.82, 2.24) is 15.2 Å². The molecule has 1 aliphatic heterocycles. The fraction of sp³-hybridized carbons (Fsp3) is 0.333. The van der Waals surface area contributed by atoms with Crippen LogP contribution in [0.5, 0.6) is 0 Å². The van der Waals surface area contributed by atoms with Gasteiger partial charge >= 0.3 is 0 Å². The molecule has 0 bridgehead atoms.